The van der Waals surface area contributed by atoms with Crippen molar-refractivity contribution in [1.29, 1.82) is 0 Å². The number of para-hydroxylation sites is 2. The Kier molecular flexibility index (Phi) is 6.55. The Balaban J connectivity index is 1.45. The van der Waals surface area contributed by atoms with Crippen molar-refractivity contribution in [3.63, 3.8) is 0 Å². The van der Waals surface area contributed by atoms with Crippen molar-refractivity contribution >= 4 is 17.6 Å². The van der Waals surface area contributed by atoms with Crippen molar-refractivity contribution < 1.29 is 14.7 Å². The van der Waals surface area contributed by atoms with Gasteiger partial charge in [0.1, 0.15) is 5.75 Å². The molecule has 3 rings (SSSR count). The van der Waals surface area contributed by atoms with Crippen molar-refractivity contribution in [2.75, 3.05) is 31.1 Å². The van der Waals surface area contributed by atoms with E-state index in [-0.39, 0.29) is 29.8 Å². The van der Waals surface area contributed by atoms with E-state index in [1.165, 1.54) is 6.42 Å². The van der Waals surface area contributed by atoms with E-state index >= 15 is 0 Å². The molecule has 1 aliphatic heterocycles. The third-order valence-corrected chi connectivity index (χ3v) is 5.64. The average molecular weight is 374 g/mol. The first-order valence-corrected chi connectivity index (χ1v) is 9.93. The van der Waals surface area contributed by atoms with E-state index in [1.807, 2.05) is 19.1 Å². The number of benzene rings is 1. The highest BCUT2D eigenvalue weighted by Gasteiger charge is 2.27. The average Bonchev–Trinajstić information content (AvgIpc) is 2.68. The van der Waals surface area contributed by atoms with E-state index in [0.29, 0.717) is 13.1 Å². The first-order valence-electron chi connectivity index (χ1n) is 9.93. The Morgan fingerprint density at radius 3 is 2.41 bits per heavy atom. The molecule has 1 saturated heterocycles. The summed E-state index contributed by atoms with van der Waals surface area (Å²) in [6.45, 7) is 4.69. The quantitative estimate of drug-likeness (QED) is 0.751. The predicted octanol–water partition coefficient (Wildman–Crippen LogP) is 2.06. The highest BCUT2D eigenvalue weighted by atomic mass is 16.3. The number of phenols is 1. The van der Waals surface area contributed by atoms with E-state index in [0.717, 1.165) is 44.5 Å². The molecule has 0 spiro atoms. The second-order valence-corrected chi connectivity index (χ2v) is 7.49. The molecular formula is C20H30N4O3. The van der Waals surface area contributed by atoms with Crippen LogP contribution in [0.4, 0.5) is 10.5 Å². The van der Waals surface area contributed by atoms with Gasteiger partial charge in [-0.15, -0.1) is 0 Å². The van der Waals surface area contributed by atoms with Crippen LogP contribution in [0.5, 0.6) is 5.75 Å². The first kappa shape index (κ1) is 19.5. The van der Waals surface area contributed by atoms with E-state index in [9.17, 15) is 14.7 Å². The number of hydrogen-bond acceptors (Lipinski definition) is 5. The summed E-state index contributed by atoms with van der Waals surface area (Å²) in [5.41, 5.74) is 0.820. The fraction of sp³-hybridized carbons (Fsp3) is 0.600. The van der Waals surface area contributed by atoms with Crippen molar-refractivity contribution in [2.24, 2.45) is 0 Å². The second-order valence-electron chi connectivity index (χ2n) is 7.49. The topological polar surface area (TPSA) is 84.9 Å². The zero-order valence-electron chi connectivity index (χ0n) is 16.0. The second kappa shape index (κ2) is 9.08. The molecule has 0 aromatic heterocycles. The zero-order valence-corrected chi connectivity index (χ0v) is 16.0. The Bertz CT molecular complexity index is 652. The van der Waals surface area contributed by atoms with E-state index in [4.69, 9.17) is 0 Å². The molecule has 27 heavy (non-hydrogen) atoms. The molecule has 7 heteroatoms. The van der Waals surface area contributed by atoms with Crippen molar-refractivity contribution in [3.8, 4) is 5.75 Å². The smallest absolute Gasteiger partial charge is 0.321 e. The molecule has 7 nitrogen and oxygen atoms in total. The Labute approximate surface area is 160 Å². The van der Waals surface area contributed by atoms with Gasteiger partial charge in [0.25, 0.3) is 0 Å². The highest BCUT2D eigenvalue weighted by molar-refractivity contribution is 5.96. The van der Waals surface area contributed by atoms with Gasteiger partial charge in [0.05, 0.1) is 11.7 Å². The zero-order chi connectivity index (χ0) is 19.2. The summed E-state index contributed by atoms with van der Waals surface area (Å²) in [5.74, 6) is 0.00967. The molecule has 3 N–H and O–H groups in total. The minimum Gasteiger partial charge on any atom is -0.506 e. The molecule has 1 aromatic rings. The lowest BCUT2D eigenvalue weighted by molar-refractivity contribution is -0.124. The summed E-state index contributed by atoms with van der Waals surface area (Å²) in [6, 6.07) is 6.73. The first-order chi connectivity index (χ1) is 13.0. The van der Waals surface area contributed by atoms with Crippen molar-refractivity contribution in [2.45, 2.75) is 51.1 Å². The number of carbonyl (C=O) groups excluding carboxylic acids is 2. The molecule has 1 heterocycles. The monoisotopic (exact) mass is 374 g/mol. The number of phenolic OH excluding ortho intramolecular Hbond substituents is 1. The molecule has 1 aliphatic carbocycles. The number of urea groups is 1. The van der Waals surface area contributed by atoms with Crippen LogP contribution in [-0.4, -0.2) is 60.2 Å². The van der Waals surface area contributed by atoms with Crippen molar-refractivity contribution in [1.82, 2.24) is 15.5 Å². The summed E-state index contributed by atoms with van der Waals surface area (Å²) in [6.07, 6.45) is 5.48. The van der Waals surface area contributed by atoms with E-state index < -0.39 is 0 Å². The lowest BCUT2D eigenvalue weighted by atomic mass is 9.96. The third kappa shape index (κ3) is 5.13. The normalized spacial score (nSPS) is 20.1. The highest BCUT2D eigenvalue weighted by Crippen LogP contribution is 2.27. The van der Waals surface area contributed by atoms with Crippen LogP contribution in [0.3, 0.4) is 0 Å². The van der Waals surface area contributed by atoms with Crippen LogP contribution in [0.25, 0.3) is 0 Å². The van der Waals surface area contributed by atoms with Crippen LogP contribution in [-0.2, 0) is 4.79 Å². The fourth-order valence-corrected chi connectivity index (χ4v) is 3.93. The van der Waals surface area contributed by atoms with Crippen LogP contribution in [0.2, 0.25) is 0 Å². The summed E-state index contributed by atoms with van der Waals surface area (Å²) in [5, 5.41) is 15.4. The fourth-order valence-electron chi connectivity index (χ4n) is 3.93. The van der Waals surface area contributed by atoms with Gasteiger partial charge in [-0.05, 0) is 31.9 Å². The molecule has 1 unspecified atom stereocenters. The molecule has 1 saturated carbocycles. The molecule has 0 radical (unpaired) electrons. The molecular weight excluding hydrogens is 344 g/mol. The van der Waals surface area contributed by atoms with Crippen LogP contribution in [0.1, 0.15) is 39.0 Å². The molecule has 148 valence electrons. The SMILES string of the molecule is CC(C(=O)NC(=O)NC1CCCCC1)N1CCN(c2ccccc2O)CC1. The summed E-state index contributed by atoms with van der Waals surface area (Å²) in [7, 11) is 0. The van der Waals surface area contributed by atoms with Gasteiger partial charge in [-0.3, -0.25) is 15.0 Å². The molecule has 2 aliphatic rings. The van der Waals surface area contributed by atoms with Gasteiger partial charge in [-0.25, -0.2) is 4.79 Å². The van der Waals surface area contributed by atoms with Crippen LogP contribution in [0, 0.1) is 0 Å². The Hall–Kier alpha value is -2.28. The van der Waals surface area contributed by atoms with Gasteiger partial charge in [0.2, 0.25) is 5.91 Å². The predicted molar refractivity (Wildman–Crippen MR) is 105 cm³/mol. The standard InChI is InChI=1S/C20H30N4O3/c1-15(19(26)22-20(27)21-16-7-3-2-4-8-16)23-11-13-24(14-12-23)17-9-5-6-10-18(17)25/h5-6,9-10,15-16,25H,2-4,7-8,11-14H2,1H3,(H2,21,22,26,27). The Morgan fingerprint density at radius 2 is 1.74 bits per heavy atom. The Morgan fingerprint density at radius 1 is 1.07 bits per heavy atom. The summed E-state index contributed by atoms with van der Waals surface area (Å²) in [4.78, 5) is 28.7. The molecule has 2 fully saturated rings. The van der Waals surface area contributed by atoms with Gasteiger partial charge < -0.3 is 15.3 Å². The number of aromatic hydroxyl groups is 1. The number of amides is 3. The van der Waals surface area contributed by atoms with Gasteiger partial charge in [0.15, 0.2) is 0 Å². The number of anilines is 1. The number of imide groups is 1. The molecule has 0 bridgehead atoms. The maximum Gasteiger partial charge on any atom is 0.321 e. The van der Waals surface area contributed by atoms with Crippen LogP contribution >= 0.6 is 0 Å². The van der Waals surface area contributed by atoms with Crippen LogP contribution < -0.4 is 15.5 Å². The minimum absolute atomic E-state index is 0.184. The molecule has 1 atom stereocenters. The van der Waals surface area contributed by atoms with Crippen LogP contribution in [0.15, 0.2) is 24.3 Å². The number of hydrogen-bond donors (Lipinski definition) is 3. The summed E-state index contributed by atoms with van der Waals surface area (Å²) >= 11 is 0. The van der Waals surface area contributed by atoms with Gasteiger partial charge in [-0.2, -0.15) is 0 Å². The minimum atomic E-state index is -0.383. The number of piperazine rings is 1. The number of rotatable bonds is 4. The molecule has 3 amide bonds. The van der Waals surface area contributed by atoms with Crippen molar-refractivity contribution in [3.05, 3.63) is 24.3 Å². The maximum atomic E-state index is 12.4. The van der Waals surface area contributed by atoms with E-state index in [1.54, 1.807) is 12.1 Å². The van der Waals surface area contributed by atoms with E-state index in [2.05, 4.69) is 20.4 Å². The number of nitrogens with one attached hydrogen (secondary N) is 2. The molecule has 1 aromatic carbocycles. The third-order valence-electron chi connectivity index (χ3n) is 5.64. The van der Waals surface area contributed by atoms with Gasteiger partial charge >= 0.3 is 6.03 Å². The lowest BCUT2D eigenvalue weighted by Gasteiger charge is -2.38. The van der Waals surface area contributed by atoms with Gasteiger partial charge in [-0.1, -0.05) is 31.4 Å². The summed E-state index contributed by atoms with van der Waals surface area (Å²) < 4.78 is 0. The lowest BCUT2D eigenvalue weighted by Crippen LogP contribution is -2.56. The largest absolute Gasteiger partial charge is 0.506 e. The maximum absolute atomic E-state index is 12.4. The number of carbonyl (C=O) groups is 2. The number of nitrogens with zero attached hydrogens (tertiary/aromatic N) is 2. The van der Waals surface area contributed by atoms with Gasteiger partial charge in [0, 0.05) is 32.2 Å².